The highest BCUT2D eigenvalue weighted by atomic mass is 79.9. The number of anilines is 2. The van der Waals surface area contributed by atoms with E-state index in [1.807, 2.05) is 0 Å². The summed E-state index contributed by atoms with van der Waals surface area (Å²) in [6, 6.07) is 3.70. The number of carboxylic acids is 1. The van der Waals surface area contributed by atoms with Crippen LogP contribution in [0.5, 0.6) is 5.75 Å². The van der Waals surface area contributed by atoms with Gasteiger partial charge in [0.2, 0.25) is 0 Å². The number of carbonyl (C=O) groups excluding carboxylic acids is 1. The van der Waals surface area contributed by atoms with Crippen LogP contribution in [0, 0.1) is 0 Å². The Bertz CT molecular complexity index is 689. The fourth-order valence-corrected chi connectivity index (χ4v) is 2.60. The monoisotopic (exact) mass is 371 g/mol. The molecule has 7 nitrogen and oxygen atoms in total. The van der Waals surface area contributed by atoms with Crippen molar-refractivity contribution in [2.75, 3.05) is 17.7 Å². The van der Waals surface area contributed by atoms with Gasteiger partial charge in [-0.2, -0.15) is 0 Å². The highest BCUT2D eigenvalue weighted by Crippen LogP contribution is 2.25. The Balaban J connectivity index is 2.17. The summed E-state index contributed by atoms with van der Waals surface area (Å²) in [5.74, 6) is -0.711. The van der Waals surface area contributed by atoms with Gasteiger partial charge in [0.15, 0.2) is 5.13 Å². The third-order valence-electron chi connectivity index (χ3n) is 2.40. The molecule has 0 spiro atoms. The van der Waals surface area contributed by atoms with Crippen molar-refractivity contribution < 1.29 is 19.4 Å². The fourth-order valence-electron chi connectivity index (χ4n) is 1.50. The largest absolute Gasteiger partial charge is 0.497 e. The van der Waals surface area contributed by atoms with Crippen LogP contribution in [0.1, 0.15) is 10.4 Å². The van der Waals surface area contributed by atoms with E-state index in [0.717, 1.165) is 3.79 Å². The summed E-state index contributed by atoms with van der Waals surface area (Å²) in [5, 5.41) is 14.5. The summed E-state index contributed by atoms with van der Waals surface area (Å²) in [7, 11) is 1.45. The summed E-state index contributed by atoms with van der Waals surface area (Å²) in [4.78, 5) is 26.9. The molecule has 1 heterocycles. The number of urea groups is 1. The first-order chi connectivity index (χ1) is 9.99. The molecule has 0 unspecified atom stereocenters. The van der Waals surface area contributed by atoms with Crippen LogP contribution in [0.4, 0.5) is 15.6 Å². The van der Waals surface area contributed by atoms with Gasteiger partial charge in [-0.05, 0) is 28.1 Å². The van der Waals surface area contributed by atoms with Gasteiger partial charge in [-0.1, -0.05) is 11.3 Å². The first-order valence-corrected chi connectivity index (χ1v) is 7.21. The molecule has 2 aromatic rings. The Morgan fingerprint density at radius 3 is 2.71 bits per heavy atom. The molecule has 0 saturated carbocycles. The lowest BCUT2D eigenvalue weighted by molar-refractivity contribution is 0.0698. The average Bonchev–Trinajstić information content (AvgIpc) is 2.83. The van der Waals surface area contributed by atoms with E-state index in [2.05, 4.69) is 31.5 Å². The SMILES string of the molecule is COc1ccc(C(=O)O)c(NC(=O)Nc2ncc(Br)s2)c1. The number of aromatic carboxylic acids is 1. The number of ether oxygens (including phenoxy) is 1. The standard InChI is InChI=1S/C12H10BrN3O4S/c1-20-6-2-3-7(10(17)18)8(4-6)15-11(19)16-12-14-5-9(13)21-12/h2-5H,1H3,(H,17,18)(H2,14,15,16,19). The summed E-state index contributed by atoms with van der Waals surface area (Å²) in [6.07, 6.45) is 1.55. The molecule has 9 heteroatoms. The molecular formula is C12H10BrN3O4S. The Labute approximate surface area is 132 Å². The third kappa shape index (κ3) is 3.92. The number of amides is 2. The van der Waals surface area contributed by atoms with Crippen LogP contribution < -0.4 is 15.4 Å². The van der Waals surface area contributed by atoms with E-state index in [9.17, 15) is 9.59 Å². The predicted molar refractivity (Wildman–Crippen MR) is 82.4 cm³/mol. The molecule has 0 aliphatic carbocycles. The zero-order chi connectivity index (χ0) is 15.4. The molecule has 0 atom stereocenters. The summed E-state index contributed by atoms with van der Waals surface area (Å²) in [5.41, 5.74) is 0.0984. The van der Waals surface area contributed by atoms with Crippen LogP contribution in [-0.4, -0.2) is 29.2 Å². The second-order valence-electron chi connectivity index (χ2n) is 3.77. The third-order valence-corrected chi connectivity index (χ3v) is 3.79. The Morgan fingerprint density at radius 2 is 2.14 bits per heavy atom. The number of hydrogen-bond donors (Lipinski definition) is 3. The van der Waals surface area contributed by atoms with Crippen LogP contribution in [0.2, 0.25) is 0 Å². The van der Waals surface area contributed by atoms with E-state index >= 15 is 0 Å². The zero-order valence-corrected chi connectivity index (χ0v) is 13.1. The number of hydrogen-bond acceptors (Lipinski definition) is 5. The normalized spacial score (nSPS) is 10.0. The van der Waals surface area contributed by atoms with Crippen LogP contribution in [0.15, 0.2) is 28.2 Å². The quantitative estimate of drug-likeness (QED) is 0.765. The maximum Gasteiger partial charge on any atom is 0.337 e. The fraction of sp³-hybridized carbons (Fsp3) is 0.0833. The number of nitrogens with one attached hydrogen (secondary N) is 2. The highest BCUT2D eigenvalue weighted by Gasteiger charge is 2.14. The molecule has 110 valence electrons. The summed E-state index contributed by atoms with van der Waals surface area (Å²) >= 11 is 4.47. The number of benzene rings is 1. The molecular weight excluding hydrogens is 362 g/mol. The molecule has 3 N–H and O–H groups in total. The van der Waals surface area contributed by atoms with E-state index in [4.69, 9.17) is 9.84 Å². The smallest absolute Gasteiger partial charge is 0.337 e. The van der Waals surface area contributed by atoms with Crippen molar-refractivity contribution in [3.05, 3.63) is 33.7 Å². The minimum absolute atomic E-state index is 0.0359. The molecule has 21 heavy (non-hydrogen) atoms. The van der Waals surface area contributed by atoms with Crippen LogP contribution in [0.25, 0.3) is 0 Å². The van der Waals surface area contributed by atoms with Gasteiger partial charge in [0.05, 0.1) is 28.3 Å². The molecule has 0 aliphatic rings. The van der Waals surface area contributed by atoms with Crippen molar-refractivity contribution >= 4 is 50.1 Å². The number of nitrogens with zero attached hydrogens (tertiary/aromatic N) is 1. The second kappa shape index (κ2) is 6.55. The van der Waals surface area contributed by atoms with Crippen molar-refractivity contribution in [1.29, 1.82) is 0 Å². The first-order valence-electron chi connectivity index (χ1n) is 5.60. The van der Waals surface area contributed by atoms with Crippen LogP contribution in [-0.2, 0) is 0 Å². The maximum absolute atomic E-state index is 11.9. The summed E-state index contributed by atoms with van der Waals surface area (Å²) < 4.78 is 5.78. The maximum atomic E-state index is 11.9. The van der Waals surface area contributed by atoms with E-state index in [1.54, 1.807) is 6.20 Å². The molecule has 2 rings (SSSR count). The minimum atomic E-state index is -1.15. The average molecular weight is 372 g/mol. The molecule has 0 bridgehead atoms. The van der Waals surface area contributed by atoms with Gasteiger partial charge in [0.1, 0.15) is 5.75 Å². The Kier molecular flexibility index (Phi) is 4.76. The lowest BCUT2D eigenvalue weighted by Crippen LogP contribution is -2.21. The molecule has 0 aliphatic heterocycles. The number of carboxylic acid groups (broad SMARTS) is 1. The molecule has 1 aromatic heterocycles. The topological polar surface area (TPSA) is 101 Å². The molecule has 0 fully saturated rings. The number of thiazole rings is 1. The van der Waals surface area contributed by atoms with Gasteiger partial charge in [0.25, 0.3) is 0 Å². The lowest BCUT2D eigenvalue weighted by atomic mass is 10.1. The Morgan fingerprint density at radius 1 is 1.38 bits per heavy atom. The van der Waals surface area contributed by atoms with Crippen molar-refractivity contribution in [2.45, 2.75) is 0 Å². The number of halogens is 1. The minimum Gasteiger partial charge on any atom is -0.497 e. The zero-order valence-electron chi connectivity index (χ0n) is 10.7. The molecule has 1 aromatic carbocycles. The molecule has 0 radical (unpaired) electrons. The summed E-state index contributed by atoms with van der Waals surface area (Å²) in [6.45, 7) is 0. The number of carbonyl (C=O) groups is 2. The van der Waals surface area contributed by atoms with Crippen molar-refractivity contribution in [1.82, 2.24) is 4.98 Å². The predicted octanol–water partition coefficient (Wildman–Crippen LogP) is 3.26. The van der Waals surface area contributed by atoms with Gasteiger partial charge in [0, 0.05) is 6.07 Å². The number of methoxy groups -OCH3 is 1. The van der Waals surface area contributed by atoms with Crippen molar-refractivity contribution in [3.8, 4) is 5.75 Å². The van der Waals surface area contributed by atoms with Gasteiger partial charge in [-0.3, -0.25) is 5.32 Å². The van der Waals surface area contributed by atoms with E-state index in [1.165, 1.54) is 36.6 Å². The van der Waals surface area contributed by atoms with Gasteiger partial charge >= 0.3 is 12.0 Å². The van der Waals surface area contributed by atoms with Gasteiger partial charge < -0.3 is 15.2 Å². The van der Waals surface area contributed by atoms with E-state index in [0.29, 0.717) is 10.9 Å². The van der Waals surface area contributed by atoms with Gasteiger partial charge in [-0.25, -0.2) is 14.6 Å². The second-order valence-corrected chi connectivity index (χ2v) is 6.18. The van der Waals surface area contributed by atoms with E-state index < -0.39 is 12.0 Å². The number of rotatable bonds is 4. The highest BCUT2D eigenvalue weighted by molar-refractivity contribution is 9.11. The van der Waals surface area contributed by atoms with Crippen LogP contribution >= 0.6 is 27.3 Å². The van der Waals surface area contributed by atoms with Crippen molar-refractivity contribution in [2.24, 2.45) is 0 Å². The lowest BCUT2D eigenvalue weighted by Gasteiger charge is -2.10. The van der Waals surface area contributed by atoms with Crippen LogP contribution in [0.3, 0.4) is 0 Å². The van der Waals surface area contributed by atoms with Gasteiger partial charge in [-0.15, -0.1) is 0 Å². The molecule has 2 amide bonds. The number of aromatic nitrogens is 1. The first kappa shape index (κ1) is 15.3. The van der Waals surface area contributed by atoms with Crippen molar-refractivity contribution in [3.63, 3.8) is 0 Å². The molecule has 0 saturated heterocycles. The van der Waals surface area contributed by atoms with E-state index in [-0.39, 0.29) is 11.3 Å². The Hall–Kier alpha value is -2.13.